The Hall–Kier alpha value is -0.870. The van der Waals surface area contributed by atoms with Crippen molar-refractivity contribution in [3.8, 4) is 0 Å². The summed E-state index contributed by atoms with van der Waals surface area (Å²) in [5.41, 5.74) is 2.12. The lowest BCUT2D eigenvalue weighted by molar-refractivity contribution is 0.554. The molecule has 0 aliphatic rings. The molecule has 3 nitrogen and oxygen atoms in total. The molecular weight excluding hydrogens is 342 g/mol. The Balaban J connectivity index is 2.45. The van der Waals surface area contributed by atoms with E-state index in [2.05, 4.69) is 19.9 Å². The number of rotatable bonds is 15. The Labute approximate surface area is 161 Å². The molecule has 0 saturated carbocycles. The number of nitrogens with two attached hydrogens (primary N) is 1. The first-order valence-corrected chi connectivity index (χ1v) is 12.2. The SMILES string of the molecule is CCCCCCCCCCCCc1c(CCCC)cccc1S(N)(=O)=O. The van der Waals surface area contributed by atoms with Gasteiger partial charge in [-0.25, -0.2) is 13.6 Å². The first-order chi connectivity index (χ1) is 12.5. The van der Waals surface area contributed by atoms with Gasteiger partial charge in [0.1, 0.15) is 0 Å². The van der Waals surface area contributed by atoms with Crippen molar-refractivity contribution in [3.63, 3.8) is 0 Å². The first-order valence-electron chi connectivity index (χ1n) is 10.6. The lowest BCUT2D eigenvalue weighted by Crippen LogP contribution is -2.16. The molecule has 0 bridgehead atoms. The summed E-state index contributed by atoms with van der Waals surface area (Å²) in [5, 5.41) is 5.45. The second-order valence-corrected chi connectivity index (χ2v) is 9.00. The molecule has 0 aliphatic heterocycles. The van der Waals surface area contributed by atoms with Crippen LogP contribution in [0.25, 0.3) is 0 Å². The molecule has 4 heteroatoms. The number of hydrogen-bond donors (Lipinski definition) is 1. The molecule has 150 valence electrons. The van der Waals surface area contributed by atoms with Crippen molar-refractivity contribution in [1.82, 2.24) is 0 Å². The summed E-state index contributed by atoms with van der Waals surface area (Å²) in [6.45, 7) is 4.41. The van der Waals surface area contributed by atoms with Crippen LogP contribution in [-0.4, -0.2) is 8.42 Å². The summed E-state index contributed by atoms with van der Waals surface area (Å²) in [7, 11) is -3.64. The van der Waals surface area contributed by atoms with E-state index in [0.29, 0.717) is 4.90 Å². The molecule has 0 atom stereocenters. The van der Waals surface area contributed by atoms with Gasteiger partial charge >= 0.3 is 0 Å². The molecule has 0 unspecified atom stereocenters. The fourth-order valence-corrected chi connectivity index (χ4v) is 4.40. The summed E-state index contributed by atoms with van der Waals surface area (Å²) in [6.07, 6.45) is 16.8. The molecule has 1 aromatic rings. The van der Waals surface area contributed by atoms with E-state index in [1.807, 2.05) is 6.07 Å². The molecule has 0 radical (unpaired) electrons. The minimum atomic E-state index is -3.64. The van der Waals surface area contributed by atoms with Gasteiger partial charge in [-0.05, 0) is 42.9 Å². The molecule has 1 rings (SSSR count). The van der Waals surface area contributed by atoms with Gasteiger partial charge < -0.3 is 0 Å². The van der Waals surface area contributed by atoms with Crippen molar-refractivity contribution >= 4 is 10.0 Å². The number of sulfonamides is 1. The van der Waals surface area contributed by atoms with E-state index in [1.54, 1.807) is 6.07 Å². The highest BCUT2D eigenvalue weighted by Crippen LogP contribution is 2.23. The first kappa shape index (κ1) is 23.2. The van der Waals surface area contributed by atoms with Crippen molar-refractivity contribution < 1.29 is 8.42 Å². The van der Waals surface area contributed by atoms with Gasteiger partial charge in [-0.1, -0.05) is 90.2 Å². The van der Waals surface area contributed by atoms with E-state index >= 15 is 0 Å². The third-order valence-electron chi connectivity index (χ3n) is 5.12. The zero-order valence-corrected chi connectivity index (χ0v) is 17.8. The highest BCUT2D eigenvalue weighted by Gasteiger charge is 2.16. The highest BCUT2D eigenvalue weighted by atomic mass is 32.2. The average molecular weight is 382 g/mol. The Bertz CT molecular complexity index is 596. The normalized spacial score (nSPS) is 11.8. The summed E-state index contributed by atoms with van der Waals surface area (Å²) >= 11 is 0. The second kappa shape index (κ2) is 13.3. The Morgan fingerprint density at radius 2 is 1.27 bits per heavy atom. The van der Waals surface area contributed by atoms with Crippen molar-refractivity contribution in [2.75, 3.05) is 0 Å². The molecule has 0 heterocycles. The number of aryl methyl sites for hydroxylation is 1. The predicted molar refractivity (Wildman–Crippen MR) is 112 cm³/mol. The van der Waals surface area contributed by atoms with E-state index < -0.39 is 10.0 Å². The maximum atomic E-state index is 11.9. The molecule has 0 saturated heterocycles. The van der Waals surface area contributed by atoms with Gasteiger partial charge in [-0.2, -0.15) is 0 Å². The maximum absolute atomic E-state index is 11.9. The van der Waals surface area contributed by atoms with Crippen LogP contribution in [0.1, 0.15) is 102 Å². The maximum Gasteiger partial charge on any atom is 0.238 e. The average Bonchev–Trinajstić information content (AvgIpc) is 2.61. The standard InChI is InChI=1S/C22H39NO2S/c1-3-5-7-8-9-10-11-12-13-14-18-21-20(16-6-4-2)17-15-19-22(21)26(23,24)25/h15,17,19H,3-14,16,18H2,1-2H3,(H2,23,24,25). The van der Waals surface area contributed by atoms with Gasteiger partial charge in [0.15, 0.2) is 0 Å². The number of unbranched alkanes of at least 4 members (excludes halogenated alkanes) is 10. The summed E-state index contributed by atoms with van der Waals surface area (Å²) < 4.78 is 23.9. The van der Waals surface area contributed by atoms with Crippen LogP contribution in [0.15, 0.2) is 23.1 Å². The summed E-state index contributed by atoms with van der Waals surface area (Å²) in [5.74, 6) is 0. The molecule has 0 amide bonds. The molecular formula is C22H39NO2S. The van der Waals surface area contributed by atoms with Crippen LogP contribution in [0.3, 0.4) is 0 Å². The third kappa shape index (κ3) is 9.18. The smallest absolute Gasteiger partial charge is 0.225 e. The van der Waals surface area contributed by atoms with E-state index in [0.717, 1.165) is 43.2 Å². The minimum Gasteiger partial charge on any atom is -0.225 e. The van der Waals surface area contributed by atoms with Crippen LogP contribution in [0, 0.1) is 0 Å². The molecule has 0 aromatic heterocycles. The Morgan fingerprint density at radius 1 is 0.731 bits per heavy atom. The Morgan fingerprint density at radius 3 is 1.81 bits per heavy atom. The van der Waals surface area contributed by atoms with Crippen molar-refractivity contribution in [3.05, 3.63) is 29.3 Å². The molecule has 2 N–H and O–H groups in total. The van der Waals surface area contributed by atoms with E-state index in [1.165, 1.54) is 57.8 Å². The van der Waals surface area contributed by atoms with Gasteiger partial charge in [0.25, 0.3) is 0 Å². The second-order valence-electron chi connectivity index (χ2n) is 7.47. The lowest BCUT2D eigenvalue weighted by atomic mass is 9.97. The van der Waals surface area contributed by atoms with Crippen molar-refractivity contribution in [1.29, 1.82) is 0 Å². The number of benzene rings is 1. The highest BCUT2D eigenvalue weighted by molar-refractivity contribution is 7.89. The van der Waals surface area contributed by atoms with Crippen LogP contribution in [0.2, 0.25) is 0 Å². The van der Waals surface area contributed by atoms with Gasteiger partial charge in [0.05, 0.1) is 4.90 Å². The number of primary sulfonamides is 1. The number of hydrogen-bond acceptors (Lipinski definition) is 2. The molecule has 0 fully saturated rings. The van der Waals surface area contributed by atoms with E-state index in [-0.39, 0.29) is 0 Å². The van der Waals surface area contributed by atoms with Crippen LogP contribution in [0.4, 0.5) is 0 Å². The van der Waals surface area contributed by atoms with Gasteiger partial charge in [-0.3, -0.25) is 0 Å². The molecule has 26 heavy (non-hydrogen) atoms. The quantitative estimate of drug-likeness (QED) is 0.371. The van der Waals surface area contributed by atoms with E-state index in [9.17, 15) is 8.42 Å². The Kier molecular flexibility index (Phi) is 11.9. The van der Waals surface area contributed by atoms with Crippen LogP contribution in [-0.2, 0) is 22.9 Å². The van der Waals surface area contributed by atoms with Gasteiger partial charge in [-0.15, -0.1) is 0 Å². The van der Waals surface area contributed by atoms with Gasteiger partial charge in [0.2, 0.25) is 10.0 Å². The van der Waals surface area contributed by atoms with Crippen LogP contribution in [0.5, 0.6) is 0 Å². The molecule has 1 aromatic carbocycles. The summed E-state index contributed by atoms with van der Waals surface area (Å²) in [4.78, 5) is 0.335. The zero-order valence-electron chi connectivity index (χ0n) is 16.9. The third-order valence-corrected chi connectivity index (χ3v) is 6.11. The monoisotopic (exact) mass is 381 g/mol. The van der Waals surface area contributed by atoms with Crippen molar-refractivity contribution in [2.45, 2.75) is 109 Å². The topological polar surface area (TPSA) is 60.2 Å². The van der Waals surface area contributed by atoms with Crippen molar-refractivity contribution in [2.24, 2.45) is 5.14 Å². The lowest BCUT2D eigenvalue weighted by Gasteiger charge is -2.14. The fraction of sp³-hybridized carbons (Fsp3) is 0.727. The summed E-state index contributed by atoms with van der Waals surface area (Å²) in [6, 6.07) is 5.55. The van der Waals surface area contributed by atoms with Gasteiger partial charge in [0, 0.05) is 0 Å². The molecule has 0 spiro atoms. The van der Waals surface area contributed by atoms with Crippen LogP contribution < -0.4 is 5.14 Å². The molecule has 0 aliphatic carbocycles. The largest absolute Gasteiger partial charge is 0.238 e. The van der Waals surface area contributed by atoms with Crippen LogP contribution >= 0.6 is 0 Å². The van der Waals surface area contributed by atoms with E-state index in [4.69, 9.17) is 5.14 Å². The minimum absolute atomic E-state index is 0.335. The zero-order chi connectivity index (χ0) is 19.3. The fourth-order valence-electron chi connectivity index (χ4n) is 3.55. The predicted octanol–water partition coefficient (Wildman–Crippen LogP) is 6.14.